The summed E-state index contributed by atoms with van der Waals surface area (Å²) in [5.41, 5.74) is 0. The Labute approximate surface area is 163 Å². The van der Waals surface area contributed by atoms with Crippen molar-refractivity contribution in [3.05, 3.63) is 0 Å². The Hall–Kier alpha value is -0.513. The van der Waals surface area contributed by atoms with Crippen LogP contribution in [0.4, 0.5) is 0 Å². The summed E-state index contributed by atoms with van der Waals surface area (Å²) in [6.45, 7) is 18.3. The van der Waals surface area contributed by atoms with Crippen molar-refractivity contribution in [1.82, 2.24) is 0 Å². The van der Waals surface area contributed by atoms with Gasteiger partial charge in [-0.25, -0.2) is 4.79 Å². The summed E-state index contributed by atoms with van der Waals surface area (Å²) >= 11 is 0. The second-order valence-corrected chi connectivity index (χ2v) is 14.9. The lowest BCUT2D eigenvalue weighted by molar-refractivity contribution is -0.207. The van der Waals surface area contributed by atoms with Gasteiger partial charge in [-0.2, -0.15) is 0 Å². The van der Waals surface area contributed by atoms with Crippen LogP contribution in [0.25, 0.3) is 0 Å². The van der Waals surface area contributed by atoms with Gasteiger partial charge in [-0.3, -0.25) is 0 Å². The van der Waals surface area contributed by atoms with Crippen LogP contribution in [-0.4, -0.2) is 63.0 Å². The van der Waals surface area contributed by atoms with Crippen LogP contribution in [0.2, 0.25) is 18.1 Å². The topological polar surface area (TPSA) is 72.5 Å². The maximum absolute atomic E-state index is 12.9. The van der Waals surface area contributed by atoms with Gasteiger partial charge in [0.1, 0.15) is 18.3 Å². The first-order valence-electron chi connectivity index (χ1n) is 9.68. The minimum atomic E-state index is -2.21. The summed E-state index contributed by atoms with van der Waals surface area (Å²) in [6, 6.07) is 0. The van der Waals surface area contributed by atoms with Gasteiger partial charge in [0, 0.05) is 0 Å². The highest BCUT2D eigenvalue weighted by molar-refractivity contribution is 6.74. The van der Waals surface area contributed by atoms with Crippen LogP contribution in [0, 0.1) is 0 Å². The lowest BCUT2D eigenvalue weighted by Crippen LogP contribution is -2.61. The molecule has 0 spiro atoms. The minimum absolute atomic E-state index is 0.0406. The number of rotatable bonds is 3. The van der Waals surface area contributed by atoms with Crippen LogP contribution in [0.3, 0.4) is 0 Å². The van der Waals surface area contributed by atoms with Crippen molar-refractivity contribution in [2.24, 2.45) is 0 Å². The SMILES string of the molecule is CC1(C)O[C@@H]2[C@H]([C@H]3COC(C)(C)O3)OC(=O)[C@H](O[Si](C)(C)C(C)(C)C)[C@@H]2O1. The first kappa shape index (κ1) is 21.2. The van der Waals surface area contributed by atoms with Gasteiger partial charge in [-0.1, -0.05) is 20.8 Å². The summed E-state index contributed by atoms with van der Waals surface area (Å²) in [6.07, 6.45) is -2.79. The molecule has 0 saturated carbocycles. The molecule has 156 valence electrons. The normalized spacial score (nSPS) is 38.6. The number of cyclic esters (lactones) is 1. The number of carbonyl (C=O) groups excluding carboxylic acids is 1. The number of esters is 1. The van der Waals surface area contributed by atoms with Crippen molar-refractivity contribution in [1.29, 1.82) is 0 Å². The third-order valence-corrected chi connectivity index (χ3v) is 10.4. The number of hydrogen-bond acceptors (Lipinski definition) is 7. The van der Waals surface area contributed by atoms with E-state index in [1.807, 2.05) is 27.7 Å². The van der Waals surface area contributed by atoms with E-state index in [0.717, 1.165) is 0 Å². The van der Waals surface area contributed by atoms with E-state index in [-0.39, 0.29) is 5.04 Å². The van der Waals surface area contributed by atoms with Gasteiger partial charge in [0.05, 0.1) is 6.61 Å². The molecule has 0 bridgehead atoms. The van der Waals surface area contributed by atoms with Crippen molar-refractivity contribution in [3.8, 4) is 0 Å². The molecule has 7 nitrogen and oxygen atoms in total. The van der Waals surface area contributed by atoms with Crippen molar-refractivity contribution in [2.45, 2.75) is 109 Å². The van der Waals surface area contributed by atoms with Gasteiger partial charge in [-0.15, -0.1) is 0 Å². The molecule has 5 atom stereocenters. The summed E-state index contributed by atoms with van der Waals surface area (Å²) < 4.78 is 36.0. The Morgan fingerprint density at radius 3 is 2.07 bits per heavy atom. The lowest BCUT2D eigenvalue weighted by Gasteiger charge is -2.43. The highest BCUT2D eigenvalue weighted by Crippen LogP contribution is 2.43. The maximum Gasteiger partial charge on any atom is 0.337 e. The molecular weight excluding hydrogens is 368 g/mol. The Morgan fingerprint density at radius 1 is 0.963 bits per heavy atom. The molecule has 27 heavy (non-hydrogen) atoms. The fraction of sp³-hybridized carbons (Fsp3) is 0.947. The van der Waals surface area contributed by atoms with Crippen LogP contribution in [-0.2, 0) is 32.9 Å². The fourth-order valence-electron chi connectivity index (χ4n) is 3.48. The standard InChI is InChI=1S/C19H34O7Si/c1-17(2,3)27(8,9)26-15-14-13(24-19(6,7)25-14)12(22-16(15)20)11-10-21-18(4,5)23-11/h11-15H,10H2,1-9H3/t11-,12+,13-,14-,15-/m1/s1. The summed E-state index contributed by atoms with van der Waals surface area (Å²) in [4.78, 5) is 12.9. The Kier molecular flexibility index (Phi) is 5.10. The zero-order valence-corrected chi connectivity index (χ0v) is 19.0. The predicted molar refractivity (Wildman–Crippen MR) is 101 cm³/mol. The average molecular weight is 403 g/mol. The fourth-order valence-corrected chi connectivity index (χ4v) is 4.70. The molecule has 3 aliphatic rings. The predicted octanol–water partition coefficient (Wildman–Crippen LogP) is 2.97. The van der Waals surface area contributed by atoms with E-state index >= 15 is 0 Å². The third kappa shape index (κ3) is 4.11. The molecule has 3 heterocycles. The van der Waals surface area contributed by atoms with Gasteiger partial charge in [0.15, 0.2) is 32.1 Å². The molecule has 3 aliphatic heterocycles. The largest absolute Gasteiger partial charge is 0.455 e. The Morgan fingerprint density at radius 2 is 1.56 bits per heavy atom. The molecule has 0 amide bonds. The molecule has 3 saturated heterocycles. The van der Waals surface area contributed by atoms with Crippen LogP contribution in [0.5, 0.6) is 0 Å². The van der Waals surface area contributed by atoms with Crippen molar-refractivity contribution in [3.63, 3.8) is 0 Å². The zero-order valence-electron chi connectivity index (χ0n) is 18.0. The number of hydrogen-bond donors (Lipinski definition) is 0. The summed E-state index contributed by atoms with van der Waals surface area (Å²) in [7, 11) is -2.21. The van der Waals surface area contributed by atoms with E-state index in [0.29, 0.717) is 6.61 Å². The van der Waals surface area contributed by atoms with Gasteiger partial charge >= 0.3 is 5.97 Å². The highest BCUT2D eigenvalue weighted by Gasteiger charge is 2.60. The lowest BCUT2D eigenvalue weighted by atomic mass is 9.96. The van der Waals surface area contributed by atoms with E-state index < -0.39 is 56.4 Å². The molecule has 0 aromatic rings. The first-order chi connectivity index (χ1) is 12.1. The highest BCUT2D eigenvalue weighted by atomic mass is 28.4. The second kappa shape index (κ2) is 6.50. The van der Waals surface area contributed by atoms with Crippen LogP contribution in [0.1, 0.15) is 48.5 Å². The monoisotopic (exact) mass is 402 g/mol. The molecule has 0 aliphatic carbocycles. The van der Waals surface area contributed by atoms with E-state index in [1.165, 1.54) is 0 Å². The quantitative estimate of drug-likeness (QED) is 0.531. The van der Waals surface area contributed by atoms with Crippen LogP contribution in [0.15, 0.2) is 0 Å². The van der Waals surface area contributed by atoms with Gasteiger partial charge in [0.2, 0.25) is 0 Å². The van der Waals surface area contributed by atoms with E-state index in [2.05, 4.69) is 33.9 Å². The van der Waals surface area contributed by atoms with Crippen molar-refractivity contribution < 1.29 is 32.9 Å². The number of ether oxygens (including phenoxy) is 5. The minimum Gasteiger partial charge on any atom is -0.455 e. The van der Waals surface area contributed by atoms with E-state index in [4.69, 9.17) is 28.1 Å². The molecule has 0 N–H and O–H groups in total. The smallest absolute Gasteiger partial charge is 0.337 e. The first-order valence-corrected chi connectivity index (χ1v) is 12.6. The average Bonchev–Trinajstić information content (AvgIpc) is 2.99. The molecule has 0 aromatic heterocycles. The number of carbonyl (C=O) groups is 1. The number of fused-ring (bicyclic) bond motifs is 1. The van der Waals surface area contributed by atoms with Crippen LogP contribution >= 0.6 is 0 Å². The summed E-state index contributed by atoms with van der Waals surface area (Å²) in [5, 5.41) is -0.0406. The van der Waals surface area contributed by atoms with Gasteiger partial charge < -0.3 is 28.1 Å². The molecule has 3 fully saturated rings. The zero-order chi connectivity index (χ0) is 20.4. The molecule has 0 aromatic carbocycles. The molecule has 8 heteroatoms. The van der Waals surface area contributed by atoms with E-state index in [9.17, 15) is 4.79 Å². The molecule has 0 unspecified atom stereocenters. The molecular formula is C19H34O7Si. The van der Waals surface area contributed by atoms with Crippen molar-refractivity contribution in [2.75, 3.05) is 6.61 Å². The van der Waals surface area contributed by atoms with Gasteiger partial charge in [0.25, 0.3) is 0 Å². The van der Waals surface area contributed by atoms with Crippen molar-refractivity contribution >= 4 is 14.3 Å². The second-order valence-electron chi connectivity index (χ2n) is 10.1. The van der Waals surface area contributed by atoms with Gasteiger partial charge in [-0.05, 0) is 45.8 Å². The molecule has 3 rings (SSSR count). The Bertz CT molecular complexity index is 595. The third-order valence-electron chi connectivity index (χ3n) is 5.89. The maximum atomic E-state index is 12.9. The summed E-state index contributed by atoms with van der Waals surface area (Å²) in [5.74, 6) is -1.96. The van der Waals surface area contributed by atoms with E-state index in [1.54, 1.807) is 0 Å². The Balaban J connectivity index is 1.85. The molecule has 0 radical (unpaired) electrons. The van der Waals surface area contributed by atoms with Crippen LogP contribution < -0.4 is 0 Å².